The number of nitrogens with one attached hydrogen (secondary N) is 2. The van der Waals surface area contributed by atoms with Crippen LogP contribution in [0, 0.1) is 11.6 Å². The van der Waals surface area contributed by atoms with E-state index < -0.39 is 17.7 Å². The van der Waals surface area contributed by atoms with Crippen molar-refractivity contribution < 1.29 is 22.7 Å². The summed E-state index contributed by atoms with van der Waals surface area (Å²) in [6, 6.07) is 8.97. The highest BCUT2D eigenvalue weighted by molar-refractivity contribution is 5.98. The molecule has 0 aliphatic carbocycles. The summed E-state index contributed by atoms with van der Waals surface area (Å²) in [5, 5.41) is 12.1. The van der Waals surface area contributed by atoms with Crippen LogP contribution in [0.2, 0.25) is 0 Å². The summed E-state index contributed by atoms with van der Waals surface area (Å²) >= 11 is 0. The van der Waals surface area contributed by atoms with Gasteiger partial charge in [0.25, 0.3) is 0 Å². The minimum atomic E-state index is -1.07. The molecule has 3 aromatic rings. The summed E-state index contributed by atoms with van der Waals surface area (Å²) in [5.41, 5.74) is 0.716. The topological polar surface area (TPSA) is 89.3 Å². The van der Waals surface area contributed by atoms with Crippen molar-refractivity contribution in [1.29, 1.82) is 0 Å². The van der Waals surface area contributed by atoms with Crippen molar-refractivity contribution >= 4 is 17.7 Å². The number of nitrogens with zero attached hydrogens (tertiary/aromatic N) is 2. The second-order valence-corrected chi connectivity index (χ2v) is 4.85. The molecule has 0 spiro atoms. The lowest BCUT2D eigenvalue weighted by Crippen LogP contribution is -2.19. The second-order valence-electron chi connectivity index (χ2n) is 4.85. The highest BCUT2D eigenvalue weighted by Gasteiger charge is 2.12. The molecule has 1 heterocycles. The molecule has 1 aromatic heterocycles. The van der Waals surface area contributed by atoms with E-state index in [4.69, 9.17) is 9.15 Å². The lowest BCUT2D eigenvalue weighted by atomic mass is 10.2. The molecule has 0 atom stereocenters. The third kappa shape index (κ3) is 3.89. The lowest BCUT2D eigenvalue weighted by Gasteiger charge is -2.04. The quantitative estimate of drug-likeness (QED) is 0.752. The van der Waals surface area contributed by atoms with Crippen molar-refractivity contribution in [2.24, 2.45) is 0 Å². The van der Waals surface area contributed by atoms with Crippen LogP contribution in [0.25, 0.3) is 11.5 Å². The van der Waals surface area contributed by atoms with Crippen LogP contribution in [0.3, 0.4) is 0 Å². The Balaban J connectivity index is 1.65. The Kier molecular flexibility index (Phi) is 4.55. The third-order valence-corrected chi connectivity index (χ3v) is 3.16. The minimum Gasteiger partial charge on any atom is -0.497 e. The number of rotatable bonds is 4. The maximum atomic E-state index is 13.1. The first-order valence-corrected chi connectivity index (χ1v) is 7.06. The molecule has 2 aromatic carbocycles. The van der Waals surface area contributed by atoms with Gasteiger partial charge in [0.2, 0.25) is 5.89 Å². The fourth-order valence-corrected chi connectivity index (χ4v) is 1.96. The van der Waals surface area contributed by atoms with Crippen LogP contribution in [0.5, 0.6) is 5.75 Å². The molecule has 128 valence electrons. The van der Waals surface area contributed by atoms with Gasteiger partial charge in [-0.25, -0.2) is 13.6 Å². The molecule has 0 aliphatic heterocycles. The number of aromatic nitrogens is 2. The fraction of sp³-hybridized carbons (Fsp3) is 0.0625. The number of hydrogen-bond acceptors (Lipinski definition) is 5. The average Bonchev–Trinajstić information content (AvgIpc) is 3.06. The molecular weight excluding hydrogens is 334 g/mol. The molecule has 0 fully saturated rings. The van der Waals surface area contributed by atoms with E-state index in [2.05, 4.69) is 20.8 Å². The van der Waals surface area contributed by atoms with Gasteiger partial charge in [0, 0.05) is 17.3 Å². The summed E-state index contributed by atoms with van der Waals surface area (Å²) in [7, 11) is 1.55. The van der Waals surface area contributed by atoms with Gasteiger partial charge in [-0.05, 0) is 36.4 Å². The summed E-state index contributed by atoms with van der Waals surface area (Å²) in [5.74, 6) is -1.21. The van der Waals surface area contributed by atoms with Gasteiger partial charge >= 0.3 is 12.0 Å². The van der Waals surface area contributed by atoms with E-state index in [-0.39, 0.29) is 17.6 Å². The number of halogens is 2. The highest BCUT2D eigenvalue weighted by Crippen LogP contribution is 2.22. The molecule has 0 aliphatic rings. The number of urea groups is 1. The Hall–Kier alpha value is -3.49. The number of methoxy groups -OCH3 is 1. The van der Waals surface area contributed by atoms with Gasteiger partial charge < -0.3 is 14.5 Å². The largest absolute Gasteiger partial charge is 0.497 e. The van der Waals surface area contributed by atoms with Crippen LogP contribution in [-0.2, 0) is 0 Å². The van der Waals surface area contributed by atoms with E-state index in [0.717, 1.165) is 12.1 Å². The minimum absolute atomic E-state index is 0.0753. The average molecular weight is 346 g/mol. The third-order valence-electron chi connectivity index (χ3n) is 3.16. The number of hydrogen-bond donors (Lipinski definition) is 2. The Morgan fingerprint density at radius 1 is 1.04 bits per heavy atom. The Labute approximate surface area is 140 Å². The molecule has 0 saturated carbocycles. The summed E-state index contributed by atoms with van der Waals surface area (Å²) in [6.07, 6.45) is 0. The van der Waals surface area contributed by atoms with E-state index >= 15 is 0 Å². The summed E-state index contributed by atoms with van der Waals surface area (Å²) in [6.45, 7) is 0. The zero-order chi connectivity index (χ0) is 17.8. The maximum Gasteiger partial charge on any atom is 0.327 e. The SMILES string of the molecule is COc1ccc(-c2nnc(NC(=O)Nc3ccc(F)c(F)c3)o2)cc1. The predicted octanol–water partition coefficient (Wildman–Crippen LogP) is 3.67. The van der Waals surface area contributed by atoms with E-state index in [9.17, 15) is 13.6 Å². The number of anilines is 2. The van der Waals surface area contributed by atoms with Gasteiger partial charge in [-0.3, -0.25) is 5.32 Å². The first-order chi connectivity index (χ1) is 12.0. The molecule has 25 heavy (non-hydrogen) atoms. The molecule has 0 unspecified atom stereocenters. The van der Waals surface area contributed by atoms with Gasteiger partial charge in [-0.1, -0.05) is 5.10 Å². The molecule has 2 amide bonds. The van der Waals surface area contributed by atoms with Gasteiger partial charge in [0.15, 0.2) is 11.6 Å². The Morgan fingerprint density at radius 3 is 2.48 bits per heavy atom. The highest BCUT2D eigenvalue weighted by atomic mass is 19.2. The molecule has 7 nitrogen and oxygen atoms in total. The van der Waals surface area contributed by atoms with Crippen LogP contribution in [0.15, 0.2) is 46.9 Å². The monoisotopic (exact) mass is 346 g/mol. The maximum absolute atomic E-state index is 13.1. The molecule has 0 bridgehead atoms. The van der Waals surface area contributed by atoms with Crippen molar-refractivity contribution in [3.05, 3.63) is 54.1 Å². The predicted molar refractivity (Wildman–Crippen MR) is 85.3 cm³/mol. The zero-order valence-electron chi connectivity index (χ0n) is 12.9. The summed E-state index contributed by atoms with van der Waals surface area (Å²) < 4.78 is 36.3. The molecule has 9 heteroatoms. The van der Waals surface area contributed by atoms with Crippen LogP contribution >= 0.6 is 0 Å². The Morgan fingerprint density at radius 2 is 1.80 bits per heavy atom. The van der Waals surface area contributed by atoms with Crippen LogP contribution in [-0.4, -0.2) is 23.3 Å². The van der Waals surface area contributed by atoms with Crippen molar-refractivity contribution in [2.45, 2.75) is 0 Å². The van der Waals surface area contributed by atoms with Gasteiger partial charge in [0.1, 0.15) is 5.75 Å². The normalized spacial score (nSPS) is 10.4. The van der Waals surface area contributed by atoms with E-state index in [0.29, 0.717) is 11.3 Å². The summed E-state index contributed by atoms with van der Waals surface area (Å²) in [4.78, 5) is 11.8. The van der Waals surface area contributed by atoms with Crippen LogP contribution < -0.4 is 15.4 Å². The van der Waals surface area contributed by atoms with Crippen LogP contribution in [0.4, 0.5) is 25.3 Å². The van der Waals surface area contributed by atoms with Gasteiger partial charge in [-0.2, -0.15) is 0 Å². The lowest BCUT2D eigenvalue weighted by molar-refractivity contribution is 0.261. The molecule has 0 radical (unpaired) electrons. The van der Waals surface area contributed by atoms with E-state index in [1.54, 1.807) is 31.4 Å². The van der Waals surface area contributed by atoms with Crippen molar-refractivity contribution in [3.8, 4) is 17.2 Å². The fourth-order valence-electron chi connectivity index (χ4n) is 1.96. The van der Waals surface area contributed by atoms with Gasteiger partial charge in [0.05, 0.1) is 7.11 Å². The Bertz CT molecular complexity index is 897. The number of amides is 2. The molecule has 2 N–H and O–H groups in total. The number of ether oxygens (including phenoxy) is 1. The van der Waals surface area contributed by atoms with Crippen molar-refractivity contribution in [1.82, 2.24) is 10.2 Å². The van der Waals surface area contributed by atoms with Crippen molar-refractivity contribution in [2.75, 3.05) is 17.7 Å². The van der Waals surface area contributed by atoms with E-state index in [1.165, 1.54) is 6.07 Å². The number of benzene rings is 2. The number of carbonyl (C=O) groups excluding carboxylic acids is 1. The molecular formula is C16H12F2N4O3. The number of carbonyl (C=O) groups is 1. The smallest absolute Gasteiger partial charge is 0.327 e. The first-order valence-electron chi connectivity index (χ1n) is 7.06. The first kappa shape index (κ1) is 16.4. The molecule has 0 saturated heterocycles. The van der Waals surface area contributed by atoms with Gasteiger partial charge in [-0.15, -0.1) is 5.10 Å². The standard InChI is InChI=1S/C16H12F2N4O3/c1-24-11-5-2-9(3-6-11)14-21-22-16(25-14)20-15(23)19-10-4-7-12(17)13(18)8-10/h2-8H,1H3,(H2,19,20,22,23). The van der Waals surface area contributed by atoms with Crippen molar-refractivity contribution in [3.63, 3.8) is 0 Å². The van der Waals surface area contributed by atoms with E-state index in [1.807, 2.05) is 0 Å². The molecule has 3 rings (SSSR count). The zero-order valence-corrected chi connectivity index (χ0v) is 12.9. The second kappa shape index (κ2) is 6.95. The van der Waals surface area contributed by atoms with Crippen LogP contribution in [0.1, 0.15) is 0 Å².